The molecule has 1 fully saturated rings. The van der Waals surface area contributed by atoms with Crippen molar-refractivity contribution in [2.45, 2.75) is 25.5 Å². The molecule has 136 valence electrons. The molecule has 0 aliphatic carbocycles. The second-order valence-electron chi connectivity index (χ2n) is 6.23. The first-order chi connectivity index (χ1) is 12.6. The molecule has 2 amide bonds. The molecule has 1 atom stereocenters. The van der Waals surface area contributed by atoms with Crippen molar-refractivity contribution in [2.75, 3.05) is 13.2 Å². The Hall–Kier alpha value is -2.37. The van der Waals surface area contributed by atoms with Gasteiger partial charge in [0.2, 0.25) is 0 Å². The highest BCUT2D eigenvalue weighted by Gasteiger charge is 2.16. The fourth-order valence-corrected chi connectivity index (χ4v) is 2.90. The maximum Gasteiger partial charge on any atom is 0.251 e. The van der Waals surface area contributed by atoms with Crippen LogP contribution in [0.2, 0.25) is 5.02 Å². The minimum atomic E-state index is -0.189. The van der Waals surface area contributed by atoms with E-state index in [4.69, 9.17) is 16.3 Å². The number of rotatable bonds is 6. The topological polar surface area (TPSA) is 67.4 Å². The van der Waals surface area contributed by atoms with Gasteiger partial charge in [0.1, 0.15) is 0 Å². The van der Waals surface area contributed by atoms with E-state index < -0.39 is 0 Å². The first-order valence-corrected chi connectivity index (χ1v) is 9.02. The van der Waals surface area contributed by atoms with Crippen molar-refractivity contribution in [3.8, 4) is 0 Å². The summed E-state index contributed by atoms with van der Waals surface area (Å²) in [6.45, 7) is 1.70. The molecule has 0 radical (unpaired) electrons. The van der Waals surface area contributed by atoms with E-state index in [2.05, 4.69) is 10.6 Å². The number of amides is 2. The zero-order chi connectivity index (χ0) is 18.4. The maximum absolute atomic E-state index is 12.2. The van der Waals surface area contributed by atoms with Crippen molar-refractivity contribution in [2.24, 2.45) is 0 Å². The van der Waals surface area contributed by atoms with Crippen LogP contribution in [0.5, 0.6) is 0 Å². The van der Waals surface area contributed by atoms with Gasteiger partial charge in [0, 0.05) is 35.8 Å². The summed E-state index contributed by atoms with van der Waals surface area (Å²) in [4.78, 5) is 24.4. The van der Waals surface area contributed by atoms with Crippen molar-refractivity contribution in [1.29, 1.82) is 0 Å². The lowest BCUT2D eigenvalue weighted by Gasteiger charge is -2.11. The second kappa shape index (κ2) is 8.83. The Morgan fingerprint density at radius 1 is 0.962 bits per heavy atom. The molecule has 6 heteroatoms. The van der Waals surface area contributed by atoms with Crippen LogP contribution in [0.1, 0.15) is 39.1 Å². The van der Waals surface area contributed by atoms with E-state index in [9.17, 15) is 9.59 Å². The summed E-state index contributed by atoms with van der Waals surface area (Å²) in [5, 5.41) is 6.37. The monoisotopic (exact) mass is 372 g/mol. The van der Waals surface area contributed by atoms with Gasteiger partial charge < -0.3 is 15.4 Å². The van der Waals surface area contributed by atoms with Gasteiger partial charge in [-0.25, -0.2) is 0 Å². The highest BCUT2D eigenvalue weighted by atomic mass is 35.5. The normalized spacial score (nSPS) is 16.3. The maximum atomic E-state index is 12.2. The quantitative estimate of drug-likeness (QED) is 0.818. The highest BCUT2D eigenvalue weighted by molar-refractivity contribution is 6.30. The lowest BCUT2D eigenvalue weighted by Crippen LogP contribution is -2.31. The summed E-state index contributed by atoms with van der Waals surface area (Å²) in [5.41, 5.74) is 2.00. The summed E-state index contributed by atoms with van der Waals surface area (Å²) in [6, 6.07) is 13.9. The standard InChI is InChI=1S/C20H21ClN2O3/c21-17-9-3-14(4-10-17)12-22-19(24)15-5-7-16(8-6-15)20(25)23-13-18-2-1-11-26-18/h3-10,18H,1-2,11-13H2,(H,22,24)(H,23,25). The summed E-state index contributed by atoms with van der Waals surface area (Å²) in [7, 11) is 0. The number of hydrogen-bond donors (Lipinski definition) is 2. The molecule has 5 nitrogen and oxygen atoms in total. The third-order valence-corrected chi connectivity index (χ3v) is 4.54. The molecule has 1 aliphatic rings. The SMILES string of the molecule is O=C(NCc1ccc(Cl)cc1)c1ccc(C(=O)NCC2CCCO2)cc1. The Morgan fingerprint density at radius 2 is 1.58 bits per heavy atom. The minimum Gasteiger partial charge on any atom is -0.376 e. The van der Waals surface area contributed by atoms with Crippen LogP contribution >= 0.6 is 11.6 Å². The van der Waals surface area contributed by atoms with Crippen molar-refractivity contribution < 1.29 is 14.3 Å². The van der Waals surface area contributed by atoms with Gasteiger partial charge in [-0.15, -0.1) is 0 Å². The lowest BCUT2D eigenvalue weighted by molar-refractivity contribution is 0.0857. The van der Waals surface area contributed by atoms with Crippen LogP contribution in [-0.4, -0.2) is 31.1 Å². The number of carbonyl (C=O) groups excluding carboxylic acids is 2. The summed E-state index contributed by atoms with van der Waals surface area (Å²) >= 11 is 5.84. The molecule has 2 aromatic carbocycles. The molecule has 3 rings (SSSR count). The van der Waals surface area contributed by atoms with E-state index in [-0.39, 0.29) is 17.9 Å². The van der Waals surface area contributed by atoms with Crippen LogP contribution in [0, 0.1) is 0 Å². The van der Waals surface area contributed by atoms with Crippen LogP contribution in [0.15, 0.2) is 48.5 Å². The predicted molar refractivity (Wildman–Crippen MR) is 100 cm³/mol. The fraction of sp³-hybridized carbons (Fsp3) is 0.300. The zero-order valence-electron chi connectivity index (χ0n) is 14.3. The lowest BCUT2D eigenvalue weighted by atomic mass is 10.1. The molecule has 2 aromatic rings. The van der Waals surface area contributed by atoms with Crippen molar-refractivity contribution in [3.05, 3.63) is 70.2 Å². The molecule has 0 saturated carbocycles. The molecule has 1 aliphatic heterocycles. The number of benzene rings is 2. The van der Waals surface area contributed by atoms with Crippen molar-refractivity contribution in [3.63, 3.8) is 0 Å². The van der Waals surface area contributed by atoms with E-state index >= 15 is 0 Å². The molecule has 1 heterocycles. The third kappa shape index (κ3) is 5.07. The summed E-state index contributed by atoms with van der Waals surface area (Å²) in [6.07, 6.45) is 2.13. The largest absolute Gasteiger partial charge is 0.376 e. The average molecular weight is 373 g/mol. The summed E-state index contributed by atoms with van der Waals surface area (Å²) < 4.78 is 5.48. The molecule has 26 heavy (non-hydrogen) atoms. The number of nitrogens with one attached hydrogen (secondary N) is 2. The number of halogens is 1. The first kappa shape index (κ1) is 18.4. The van der Waals surface area contributed by atoms with Gasteiger partial charge in [0.05, 0.1) is 6.10 Å². The van der Waals surface area contributed by atoms with E-state index in [1.807, 2.05) is 12.1 Å². The molecule has 1 saturated heterocycles. The van der Waals surface area contributed by atoms with Crippen LogP contribution < -0.4 is 10.6 Å². The molecule has 1 unspecified atom stereocenters. The minimum absolute atomic E-state index is 0.108. The Morgan fingerprint density at radius 3 is 2.15 bits per heavy atom. The van der Waals surface area contributed by atoms with Crippen LogP contribution in [0.25, 0.3) is 0 Å². The summed E-state index contributed by atoms with van der Waals surface area (Å²) in [5.74, 6) is -0.347. The van der Waals surface area contributed by atoms with E-state index in [0.717, 1.165) is 25.0 Å². The fourth-order valence-electron chi connectivity index (χ4n) is 2.77. The van der Waals surface area contributed by atoms with Crippen LogP contribution in [-0.2, 0) is 11.3 Å². The first-order valence-electron chi connectivity index (χ1n) is 8.64. The van der Waals surface area contributed by atoms with Crippen molar-refractivity contribution >= 4 is 23.4 Å². The van der Waals surface area contributed by atoms with Gasteiger partial charge >= 0.3 is 0 Å². The molecule has 0 aromatic heterocycles. The van der Waals surface area contributed by atoms with E-state index in [1.165, 1.54) is 0 Å². The Bertz CT molecular complexity index is 754. The Kier molecular flexibility index (Phi) is 6.26. The average Bonchev–Trinajstić information content (AvgIpc) is 3.19. The number of hydrogen-bond acceptors (Lipinski definition) is 3. The third-order valence-electron chi connectivity index (χ3n) is 4.29. The van der Waals surface area contributed by atoms with Gasteiger partial charge in [-0.2, -0.15) is 0 Å². The molecule has 0 spiro atoms. The van der Waals surface area contributed by atoms with Crippen LogP contribution in [0.4, 0.5) is 0 Å². The molecule has 2 N–H and O–H groups in total. The van der Waals surface area contributed by atoms with Gasteiger partial charge in [0.15, 0.2) is 0 Å². The zero-order valence-corrected chi connectivity index (χ0v) is 15.1. The van der Waals surface area contributed by atoms with Gasteiger partial charge in [-0.3, -0.25) is 9.59 Å². The Balaban J connectivity index is 1.50. The van der Waals surface area contributed by atoms with E-state index in [0.29, 0.717) is 29.2 Å². The van der Waals surface area contributed by atoms with Gasteiger partial charge in [-0.1, -0.05) is 23.7 Å². The molecular weight excluding hydrogens is 352 g/mol. The van der Waals surface area contributed by atoms with Gasteiger partial charge in [0.25, 0.3) is 11.8 Å². The predicted octanol–water partition coefficient (Wildman–Crippen LogP) is 3.18. The van der Waals surface area contributed by atoms with Gasteiger partial charge in [-0.05, 0) is 54.8 Å². The number of carbonyl (C=O) groups is 2. The second-order valence-corrected chi connectivity index (χ2v) is 6.67. The molecule has 0 bridgehead atoms. The van der Waals surface area contributed by atoms with Crippen molar-refractivity contribution in [1.82, 2.24) is 10.6 Å². The highest BCUT2D eigenvalue weighted by Crippen LogP contribution is 2.12. The van der Waals surface area contributed by atoms with Crippen LogP contribution in [0.3, 0.4) is 0 Å². The Labute approximate surface area is 157 Å². The van der Waals surface area contributed by atoms with E-state index in [1.54, 1.807) is 36.4 Å². The number of ether oxygens (including phenoxy) is 1. The smallest absolute Gasteiger partial charge is 0.251 e. The molecular formula is C20H21ClN2O3.